The number of nitrogens with zero attached hydrogens (tertiary/aromatic N) is 4. The van der Waals surface area contributed by atoms with Crippen LogP contribution in [0.3, 0.4) is 0 Å². The fourth-order valence-electron chi connectivity index (χ4n) is 9.35. The van der Waals surface area contributed by atoms with Crippen molar-refractivity contribution >= 4 is 83.1 Å². The van der Waals surface area contributed by atoms with Gasteiger partial charge in [-0.05, 0) is 115 Å². The summed E-state index contributed by atoms with van der Waals surface area (Å²) in [5.74, 6) is 9.35. The smallest absolute Gasteiger partial charge is 0.813 e. The molecule has 0 aliphatic heterocycles. The van der Waals surface area contributed by atoms with Gasteiger partial charge < -0.3 is 64.5 Å². The van der Waals surface area contributed by atoms with Gasteiger partial charge in [0.05, 0.1) is 90.4 Å². The van der Waals surface area contributed by atoms with E-state index in [4.69, 9.17) is 9.97 Å². The topological polar surface area (TPSA) is 35.6 Å². The van der Waals surface area contributed by atoms with E-state index in [0.29, 0.717) is 0 Å². The van der Waals surface area contributed by atoms with Crippen molar-refractivity contribution in [1.82, 2.24) is 19.1 Å². The molecule has 0 aromatic carbocycles. The molecule has 0 bridgehead atoms. The van der Waals surface area contributed by atoms with Gasteiger partial charge in [0, 0.05) is 37.3 Å². The number of hydrogen-bond donors (Lipinski definition) is 0. The van der Waals surface area contributed by atoms with Crippen LogP contribution in [-0.4, -0.2) is 41.7 Å². The molecule has 2 aromatic rings. The van der Waals surface area contributed by atoms with Crippen molar-refractivity contribution in [3.05, 3.63) is 51.5 Å². The molecular formula is C56H119F12N4P4Ru2S3+2. The summed E-state index contributed by atoms with van der Waals surface area (Å²) < 4.78 is 123. The Morgan fingerprint density at radius 3 is 0.593 bits per heavy atom. The van der Waals surface area contributed by atoms with Gasteiger partial charge in [-0.15, -0.1) is 0 Å². The fraction of sp³-hybridized carbons (Fsp3) is 0.821. The monoisotopic (exact) mass is 1500 g/mol. The minimum Gasteiger partial charge on any atom is -0.813 e. The molecule has 2 fully saturated rings. The molecule has 1 radical (unpaired) electrons. The van der Waals surface area contributed by atoms with Crippen molar-refractivity contribution in [2.45, 2.75) is 227 Å². The SMILES string of the molecule is CC(C)[PH+](c1nc(C(C)(C)C)cn1C)C(C)C.CC(C)[PH+](c1nc(C(C)(C)C)cn1C)C(C)C.CC1C(C)C(C)C(C)C1C.CC1C(C)C(C)C(C)C1C.C[CH+]C.C[CH+]C.F[P-](F)(F)(F)(F)F.F[P-](F)(F)(F)(F)F.[CH3-].[CH3-].[Ru+2].[Ru+3].[SH-].[SH-].[SH-]. The fourth-order valence-corrected chi connectivity index (χ4v) is 15.5. The van der Waals surface area contributed by atoms with Gasteiger partial charge >= 0.3 is 105 Å². The van der Waals surface area contributed by atoms with E-state index in [1.807, 2.05) is 40.5 Å². The predicted octanol–water partition coefficient (Wildman–Crippen LogP) is 22.4. The molecule has 81 heavy (non-hydrogen) atoms. The number of imidazole rings is 2. The van der Waals surface area contributed by atoms with Crippen LogP contribution in [0.4, 0.5) is 50.4 Å². The first-order valence-corrected chi connectivity index (χ1v) is 33.9. The van der Waals surface area contributed by atoms with Crippen LogP contribution in [0, 0.1) is 86.9 Å². The Hall–Kier alpha value is 1.34. The molecule has 2 saturated carbocycles. The third-order valence-electron chi connectivity index (χ3n) is 14.6. The summed E-state index contributed by atoms with van der Waals surface area (Å²) in [6.45, 7) is 64.0. The molecule has 499 valence electrons. The summed E-state index contributed by atoms with van der Waals surface area (Å²) in [7, 11) is -18.2. The molecule has 2 heterocycles. The van der Waals surface area contributed by atoms with Crippen LogP contribution in [-0.2, 0) is 104 Å². The summed E-state index contributed by atoms with van der Waals surface area (Å²) in [6.07, 6.45) is 8.43. The van der Waals surface area contributed by atoms with Crippen LogP contribution in [0.15, 0.2) is 12.4 Å². The van der Waals surface area contributed by atoms with Crippen molar-refractivity contribution < 1.29 is 89.3 Å². The molecule has 0 saturated heterocycles. The average molecular weight is 1500 g/mol. The molecule has 0 amide bonds. The number of hydrogen-bond acceptors (Lipinski definition) is 5. The van der Waals surface area contributed by atoms with E-state index < -0.39 is 31.5 Å². The summed E-state index contributed by atoms with van der Waals surface area (Å²) in [4.78, 5) is 9.86. The van der Waals surface area contributed by atoms with Gasteiger partial charge in [0.25, 0.3) is 11.1 Å². The van der Waals surface area contributed by atoms with Crippen LogP contribution < -0.4 is 11.1 Å². The number of aromatic nitrogens is 4. The zero-order valence-electron chi connectivity index (χ0n) is 55.7. The van der Waals surface area contributed by atoms with Gasteiger partial charge in [-0.2, -0.15) is 0 Å². The van der Waals surface area contributed by atoms with Crippen molar-refractivity contribution in [2.75, 3.05) is 0 Å². The summed E-state index contributed by atoms with van der Waals surface area (Å²) in [5, 5.41) is 0. The van der Waals surface area contributed by atoms with Gasteiger partial charge in [0.1, 0.15) is 0 Å². The Kier molecular flexibility index (Phi) is 52.1. The second-order valence-electron chi connectivity index (χ2n) is 24.8. The molecule has 2 aliphatic rings. The standard InChI is InChI=1S/2C14H27N2P.2C10H20.2C3H7.2CH3.2F6P.2Ru.3H2S/c2*1-10(2)17(11(3)4)13-15-12(9-16(13)8)14(5,6)7;2*1-6-7(2)9(4)10(5)8(6)3;2*1-3-2;;;2*1-7(2,3,4,5)6;;;;;/h2*9-11H,1-8H3;2*6-10H,1-5H3;2*3H,1-2H3;2*1H3;;;;;3*1H2/q;;;;2*+1;4*-1;+2;+3;;;/p-1. The Morgan fingerprint density at radius 2 is 0.519 bits per heavy atom. The second-order valence-corrected chi connectivity index (χ2v) is 36.0. The average Bonchev–Trinajstić information content (AvgIpc) is 3.83. The zero-order chi connectivity index (χ0) is 60.8. The Labute approximate surface area is 539 Å². The van der Waals surface area contributed by atoms with E-state index in [1.165, 1.54) is 22.5 Å². The quantitative estimate of drug-likeness (QED) is 0.0719. The summed E-state index contributed by atoms with van der Waals surface area (Å²) >= 11 is 0. The zero-order valence-corrected chi connectivity index (χ0v) is 65.6. The Morgan fingerprint density at radius 1 is 0.407 bits per heavy atom. The van der Waals surface area contributed by atoms with Crippen LogP contribution in [0.1, 0.15) is 205 Å². The maximum atomic E-state index is 9.87. The molecule has 0 atom stereocenters. The Balaban J connectivity index is -0.0000000798. The van der Waals surface area contributed by atoms with Gasteiger partial charge in [0.2, 0.25) is 0 Å². The van der Waals surface area contributed by atoms with Crippen LogP contribution in [0.25, 0.3) is 0 Å². The second kappa shape index (κ2) is 39.5. The van der Waals surface area contributed by atoms with Crippen molar-refractivity contribution in [1.29, 1.82) is 0 Å². The van der Waals surface area contributed by atoms with Crippen LogP contribution in [0.5, 0.6) is 0 Å². The third kappa shape index (κ3) is 49.9. The van der Waals surface area contributed by atoms with Gasteiger partial charge in [-0.1, -0.05) is 111 Å². The van der Waals surface area contributed by atoms with Crippen LogP contribution in [0.2, 0.25) is 0 Å². The molecule has 25 heteroatoms. The maximum Gasteiger partial charge on any atom is 3.00 e. The normalized spacial score (nSPS) is 23.6. The molecule has 0 N–H and O–H groups in total. The van der Waals surface area contributed by atoms with Crippen molar-refractivity contribution in [2.24, 2.45) is 73.3 Å². The predicted molar refractivity (Wildman–Crippen MR) is 349 cm³/mol. The molecule has 0 spiro atoms. The van der Waals surface area contributed by atoms with E-state index in [9.17, 15) is 50.4 Å². The summed E-state index contributed by atoms with van der Waals surface area (Å²) in [6, 6.07) is 0. The minimum atomic E-state index is -10.7. The molecule has 0 unspecified atom stereocenters. The third-order valence-corrected chi connectivity index (χ3v) is 21.5. The van der Waals surface area contributed by atoms with E-state index in [2.05, 4.69) is 202 Å². The molecule has 2 aliphatic carbocycles. The van der Waals surface area contributed by atoms with Crippen LogP contribution >= 0.6 is 31.5 Å². The number of aryl methyl sites for hydroxylation is 2. The molecular weight excluding hydrogens is 1380 g/mol. The summed E-state index contributed by atoms with van der Waals surface area (Å²) in [5.41, 5.74) is 8.34. The van der Waals surface area contributed by atoms with Gasteiger partial charge in [-0.25, -0.2) is 9.97 Å². The van der Waals surface area contributed by atoms with Gasteiger partial charge in [0.15, 0.2) is 0 Å². The van der Waals surface area contributed by atoms with Gasteiger partial charge in [-0.3, -0.25) is 0 Å². The van der Waals surface area contributed by atoms with E-state index in [0.717, 1.165) is 81.8 Å². The Bertz CT molecular complexity index is 1640. The first-order chi connectivity index (χ1) is 32.1. The van der Waals surface area contributed by atoms with E-state index in [1.54, 1.807) is 0 Å². The first kappa shape index (κ1) is 107. The maximum absolute atomic E-state index is 10.7. The minimum absolute atomic E-state index is 0. The number of halogens is 12. The molecule has 4 rings (SSSR count). The van der Waals surface area contributed by atoms with E-state index >= 15 is 0 Å². The largest absolute Gasteiger partial charge is 3.00 e. The number of thiol groups is 3. The first-order valence-electron chi connectivity index (χ1n) is 26.5. The van der Waals surface area contributed by atoms with Crippen molar-refractivity contribution in [3.63, 3.8) is 0 Å². The molecule has 2 aromatic heterocycles. The molecule has 4 nitrogen and oxygen atoms in total. The van der Waals surface area contributed by atoms with Crippen molar-refractivity contribution in [3.8, 4) is 0 Å². The van der Waals surface area contributed by atoms with E-state index in [-0.39, 0.29) is 105 Å². The number of rotatable bonds is 6.